The first-order valence-electron chi connectivity index (χ1n) is 27.0. The van der Waals surface area contributed by atoms with Crippen LogP contribution in [0.5, 0.6) is 11.8 Å². The molecular formula is C57H65F3N10O4. The molecule has 3 aromatic heterocycles. The summed E-state index contributed by atoms with van der Waals surface area (Å²) in [5.74, 6) is -0.670. The van der Waals surface area contributed by atoms with Gasteiger partial charge in [-0.1, -0.05) is 19.6 Å². The number of carbonyl (C=O) groups is 1. The zero-order valence-corrected chi connectivity index (χ0v) is 42.3. The van der Waals surface area contributed by atoms with Gasteiger partial charge < -0.3 is 34.6 Å². The van der Waals surface area contributed by atoms with E-state index in [1.165, 1.54) is 12.1 Å². The van der Waals surface area contributed by atoms with Gasteiger partial charge in [0.15, 0.2) is 5.82 Å². The number of fused-ring (bicyclic) bond motifs is 3. The van der Waals surface area contributed by atoms with Crippen molar-refractivity contribution in [2.24, 2.45) is 10.8 Å². The lowest BCUT2D eigenvalue weighted by Gasteiger charge is -2.57. The first-order valence-corrected chi connectivity index (χ1v) is 27.0. The van der Waals surface area contributed by atoms with Gasteiger partial charge in [-0.25, -0.2) is 13.2 Å². The fourth-order valence-corrected chi connectivity index (χ4v) is 13.7. The standard InChI is InChI=1S/C57H65F3N10O4/c1-3-41-44(58)8-6-37-26-40(71)27-42(47(37)41)49-48(59)50-43(29-61-49)51(69-17-4-11-57(34-69)16-24-74-57)65-53(64-50)73-35-55(12-13-55)32-66-18-14-54(15-19-66)30-56(60,31-54)33-67-20-22-68(23-21-67)39-7-10-45-38(25-39)28-62-70(45)46-9-5-36(2)63-52(46)72/h6-8,10,25-29,46,71H,2-5,9,11-24,30-35H2,1H3,(H,63,72)/t46?,57-/m0/s1. The number of nitrogens with one attached hydrogen (secondary N) is 1. The topological polar surface area (TPSA) is 137 Å². The number of piperidine rings is 3. The largest absolute Gasteiger partial charge is 0.508 e. The maximum Gasteiger partial charge on any atom is 0.319 e. The predicted molar refractivity (Wildman–Crippen MR) is 278 cm³/mol. The number of aromatic hydroxyl groups is 1. The van der Waals surface area contributed by atoms with Gasteiger partial charge >= 0.3 is 6.01 Å². The Morgan fingerprint density at radius 1 is 0.892 bits per heavy atom. The van der Waals surface area contributed by atoms with E-state index < -0.39 is 17.3 Å². The Bertz CT molecular complexity index is 3210. The third-order valence-electron chi connectivity index (χ3n) is 18.0. The normalized spacial score (nSPS) is 24.7. The molecule has 5 aliphatic heterocycles. The van der Waals surface area contributed by atoms with E-state index in [0.29, 0.717) is 85.0 Å². The van der Waals surface area contributed by atoms with Crippen molar-refractivity contribution in [1.29, 1.82) is 0 Å². The zero-order valence-electron chi connectivity index (χ0n) is 42.3. The Hall–Kier alpha value is -6.04. The molecule has 388 valence electrons. The van der Waals surface area contributed by atoms with E-state index >= 15 is 13.2 Å². The molecular weight excluding hydrogens is 946 g/mol. The van der Waals surface area contributed by atoms with E-state index in [1.807, 2.05) is 17.8 Å². The molecule has 74 heavy (non-hydrogen) atoms. The molecule has 2 saturated carbocycles. The smallest absolute Gasteiger partial charge is 0.319 e. The number of benzene rings is 3. The summed E-state index contributed by atoms with van der Waals surface area (Å²) in [5.41, 5.74) is 2.13. The monoisotopic (exact) mass is 1010 g/mol. The first-order chi connectivity index (χ1) is 35.8. The molecule has 7 aliphatic rings. The number of hydrogen-bond acceptors (Lipinski definition) is 12. The van der Waals surface area contributed by atoms with Crippen LogP contribution < -0.4 is 19.9 Å². The van der Waals surface area contributed by atoms with Crippen LogP contribution in [0.1, 0.15) is 89.2 Å². The minimum absolute atomic E-state index is 0.0277. The number of piperazine rings is 1. The van der Waals surface area contributed by atoms with Gasteiger partial charge in [-0.2, -0.15) is 15.1 Å². The Kier molecular flexibility index (Phi) is 11.6. The number of aryl methyl sites for hydroxylation is 1. The summed E-state index contributed by atoms with van der Waals surface area (Å²) >= 11 is 0. The number of ether oxygens (including phenoxy) is 2. The van der Waals surface area contributed by atoms with Crippen LogP contribution in [0.15, 0.2) is 67.1 Å². The van der Waals surface area contributed by atoms with E-state index in [0.717, 1.165) is 126 Å². The summed E-state index contributed by atoms with van der Waals surface area (Å²) in [6, 6.07) is 12.1. The van der Waals surface area contributed by atoms with Crippen molar-refractivity contribution in [3.05, 3.63) is 84.3 Å². The number of halogens is 3. The van der Waals surface area contributed by atoms with E-state index in [2.05, 4.69) is 59.8 Å². The molecule has 2 atom stereocenters. The molecule has 7 fully saturated rings. The van der Waals surface area contributed by atoms with E-state index in [1.54, 1.807) is 18.3 Å². The van der Waals surface area contributed by atoms with Crippen molar-refractivity contribution in [3.63, 3.8) is 0 Å². The van der Waals surface area contributed by atoms with Crippen molar-refractivity contribution in [3.8, 4) is 23.0 Å². The second-order valence-electron chi connectivity index (χ2n) is 23.1. The number of rotatable bonds is 12. The number of pyridine rings is 1. The van der Waals surface area contributed by atoms with Gasteiger partial charge in [0.1, 0.15) is 40.3 Å². The summed E-state index contributed by atoms with van der Waals surface area (Å²) in [4.78, 5) is 36.4. The molecule has 0 bridgehead atoms. The molecule has 6 aromatic rings. The molecule has 3 aromatic carbocycles. The number of amides is 1. The maximum absolute atomic E-state index is 17.3. The van der Waals surface area contributed by atoms with Gasteiger partial charge in [-0.05, 0) is 142 Å². The molecule has 17 heteroatoms. The zero-order chi connectivity index (χ0) is 50.6. The van der Waals surface area contributed by atoms with Crippen LogP contribution in [-0.4, -0.2) is 135 Å². The highest BCUT2D eigenvalue weighted by Gasteiger charge is 2.57. The average Bonchev–Trinajstić information content (AvgIpc) is 4.02. The highest BCUT2D eigenvalue weighted by molar-refractivity contribution is 6.02. The summed E-state index contributed by atoms with van der Waals surface area (Å²) in [6.07, 6.45) is 13.3. The second kappa shape index (κ2) is 18.1. The molecule has 2 N–H and O–H groups in total. The van der Waals surface area contributed by atoms with Gasteiger partial charge in [0.05, 0.1) is 35.9 Å². The van der Waals surface area contributed by atoms with Crippen LogP contribution in [0.2, 0.25) is 0 Å². The molecule has 13 rings (SSSR count). The lowest BCUT2D eigenvalue weighted by Crippen LogP contribution is -2.60. The Balaban J connectivity index is 0.645. The molecule has 8 heterocycles. The van der Waals surface area contributed by atoms with Crippen molar-refractivity contribution >= 4 is 50.0 Å². The molecule has 0 radical (unpaired) electrons. The van der Waals surface area contributed by atoms with Gasteiger partial charge in [-0.3, -0.25) is 19.4 Å². The summed E-state index contributed by atoms with van der Waals surface area (Å²) < 4.78 is 63.5. The van der Waals surface area contributed by atoms with Gasteiger partial charge in [0.2, 0.25) is 5.91 Å². The number of allylic oxidation sites excluding steroid dienone is 1. The van der Waals surface area contributed by atoms with Gasteiger partial charge in [0.25, 0.3) is 0 Å². The average molecular weight is 1010 g/mol. The molecule has 2 aliphatic carbocycles. The predicted octanol–water partition coefficient (Wildman–Crippen LogP) is 9.03. The van der Waals surface area contributed by atoms with Crippen molar-refractivity contribution in [1.82, 2.24) is 39.8 Å². The number of phenolic OH excluding ortho intramolecular Hbond substituents is 1. The summed E-state index contributed by atoms with van der Waals surface area (Å²) in [6.45, 7) is 14.7. The lowest BCUT2D eigenvalue weighted by molar-refractivity contribution is -0.151. The number of aromatic nitrogens is 5. The number of likely N-dealkylation sites (tertiary alicyclic amines) is 1. The first kappa shape index (κ1) is 47.7. The molecule has 5 saturated heterocycles. The van der Waals surface area contributed by atoms with E-state index in [-0.39, 0.29) is 51.4 Å². The third kappa shape index (κ3) is 8.59. The number of carbonyl (C=O) groups excluding carboxylic acids is 1. The highest BCUT2D eigenvalue weighted by atomic mass is 19.1. The number of alkyl halides is 1. The number of phenols is 1. The van der Waals surface area contributed by atoms with Crippen LogP contribution >= 0.6 is 0 Å². The van der Waals surface area contributed by atoms with E-state index in [4.69, 9.17) is 19.4 Å². The van der Waals surface area contributed by atoms with Crippen molar-refractivity contribution in [2.75, 3.05) is 88.5 Å². The van der Waals surface area contributed by atoms with Crippen LogP contribution in [0.4, 0.5) is 24.7 Å². The fraction of sp³-hybridized carbons (Fsp3) is 0.526. The number of hydrogen-bond donors (Lipinski definition) is 2. The number of nitrogens with zero attached hydrogens (tertiary/aromatic N) is 9. The lowest BCUT2D eigenvalue weighted by atomic mass is 9.55. The SMILES string of the molecule is C=C1CCC(n2ncc3cc(N4CCN(CC5(F)CC6(CCN(CC7(COc8nc(N9CCC[C@]%10(CCO%10)C9)c9cnc(-c%10cc(O)cc%11ccc(F)c(CC)c%10%11)c(F)c9n8)CC7)CC6)C5)CC4)ccc32)C(=O)N1. The summed E-state index contributed by atoms with van der Waals surface area (Å²) in [5, 5.41) is 20.8. The number of anilines is 2. The Morgan fingerprint density at radius 2 is 1.69 bits per heavy atom. The van der Waals surface area contributed by atoms with Crippen LogP contribution in [0.3, 0.4) is 0 Å². The van der Waals surface area contributed by atoms with Crippen LogP contribution in [0, 0.1) is 22.5 Å². The highest BCUT2D eigenvalue weighted by Crippen LogP contribution is 2.58. The molecule has 2 spiro atoms. The van der Waals surface area contributed by atoms with Crippen LogP contribution in [-0.2, 0) is 16.0 Å². The second-order valence-corrected chi connectivity index (χ2v) is 23.1. The Morgan fingerprint density at radius 3 is 2.43 bits per heavy atom. The quantitative estimate of drug-likeness (QED) is 0.121. The molecule has 1 unspecified atom stereocenters. The van der Waals surface area contributed by atoms with Crippen molar-refractivity contribution < 1.29 is 32.5 Å². The van der Waals surface area contributed by atoms with Crippen LogP contribution in [0.25, 0.3) is 43.8 Å². The van der Waals surface area contributed by atoms with E-state index in [9.17, 15) is 9.90 Å². The Labute approximate surface area is 428 Å². The summed E-state index contributed by atoms with van der Waals surface area (Å²) in [7, 11) is 0. The molecule has 1 amide bonds. The minimum Gasteiger partial charge on any atom is -0.508 e. The maximum atomic E-state index is 17.3. The fourth-order valence-electron chi connectivity index (χ4n) is 13.7. The minimum atomic E-state index is -1.16. The molecule has 14 nitrogen and oxygen atoms in total. The van der Waals surface area contributed by atoms with Gasteiger partial charge in [-0.15, -0.1) is 0 Å². The third-order valence-corrected chi connectivity index (χ3v) is 18.0. The van der Waals surface area contributed by atoms with Crippen molar-refractivity contribution in [2.45, 2.75) is 101 Å². The van der Waals surface area contributed by atoms with Gasteiger partial charge in [0, 0.05) is 92.7 Å².